The number of aryl methyl sites for hydroxylation is 3. The number of rotatable bonds is 9. The van der Waals surface area contributed by atoms with Crippen LogP contribution in [0.2, 0.25) is 0 Å². The van der Waals surface area contributed by atoms with Crippen LogP contribution in [0.25, 0.3) is 10.1 Å². The molecule has 1 aromatic heterocycles. The highest BCUT2D eigenvalue weighted by molar-refractivity contribution is 7.17. The van der Waals surface area contributed by atoms with Crippen LogP contribution in [0, 0.1) is 6.92 Å². The van der Waals surface area contributed by atoms with Gasteiger partial charge in [0, 0.05) is 11.1 Å². The minimum absolute atomic E-state index is 0.570. The number of amidine groups is 1. The molecule has 0 unspecified atom stereocenters. The Hall–Kier alpha value is -2.57. The molecule has 0 amide bonds. The molecular weight excluding hydrogens is 380 g/mol. The third-order valence-electron chi connectivity index (χ3n) is 5.10. The normalized spacial score (nSPS) is 11.8. The number of fused-ring (bicyclic) bond motifs is 1. The third kappa shape index (κ3) is 5.49. The molecule has 0 aliphatic heterocycles. The van der Waals surface area contributed by atoms with Crippen molar-refractivity contribution in [2.24, 2.45) is 16.8 Å². The first kappa shape index (κ1) is 21.1. The van der Waals surface area contributed by atoms with Gasteiger partial charge in [-0.3, -0.25) is 0 Å². The van der Waals surface area contributed by atoms with Crippen LogP contribution in [-0.2, 0) is 19.4 Å². The van der Waals surface area contributed by atoms with Gasteiger partial charge in [0.25, 0.3) is 0 Å². The summed E-state index contributed by atoms with van der Waals surface area (Å²) in [6.45, 7) is 5.00. The number of hydrazone groups is 1. The van der Waals surface area contributed by atoms with Crippen molar-refractivity contribution < 1.29 is 4.74 Å². The zero-order chi connectivity index (χ0) is 20.6. The maximum atomic E-state index is 6.04. The summed E-state index contributed by atoms with van der Waals surface area (Å²) in [5.41, 5.74) is 7.70. The SMILES string of the molecule is CCCCc1csc2c(C)cc(COc3ccc(CC/C(=N/N)NN)cc3)cc12. The van der Waals surface area contributed by atoms with Gasteiger partial charge in [-0.05, 0) is 77.4 Å². The molecule has 0 aliphatic carbocycles. The lowest BCUT2D eigenvalue weighted by molar-refractivity contribution is 0.306. The van der Waals surface area contributed by atoms with Crippen molar-refractivity contribution in [3.05, 3.63) is 64.0 Å². The average Bonchev–Trinajstić information content (AvgIpc) is 3.16. The number of benzene rings is 2. The van der Waals surface area contributed by atoms with E-state index in [1.54, 1.807) is 0 Å². The van der Waals surface area contributed by atoms with Gasteiger partial charge in [-0.1, -0.05) is 31.5 Å². The van der Waals surface area contributed by atoms with E-state index in [-0.39, 0.29) is 0 Å². The number of hydrogen-bond acceptors (Lipinski definition) is 5. The van der Waals surface area contributed by atoms with E-state index in [9.17, 15) is 0 Å². The van der Waals surface area contributed by atoms with Crippen LogP contribution in [0.5, 0.6) is 5.75 Å². The summed E-state index contributed by atoms with van der Waals surface area (Å²) < 4.78 is 7.44. The number of ether oxygens (including phenoxy) is 1. The maximum absolute atomic E-state index is 6.04. The van der Waals surface area contributed by atoms with Gasteiger partial charge in [0.1, 0.15) is 18.2 Å². The molecule has 0 saturated carbocycles. The van der Waals surface area contributed by atoms with Gasteiger partial charge in [0.05, 0.1) is 0 Å². The van der Waals surface area contributed by atoms with E-state index in [1.807, 2.05) is 23.5 Å². The van der Waals surface area contributed by atoms with E-state index in [1.165, 1.54) is 45.2 Å². The van der Waals surface area contributed by atoms with Crippen LogP contribution in [0.4, 0.5) is 0 Å². The van der Waals surface area contributed by atoms with Crippen molar-refractivity contribution in [1.29, 1.82) is 0 Å². The van der Waals surface area contributed by atoms with Gasteiger partial charge in [0.2, 0.25) is 0 Å². The molecule has 3 rings (SSSR count). The lowest BCUT2D eigenvalue weighted by Crippen LogP contribution is -2.31. The molecule has 5 nitrogen and oxygen atoms in total. The number of unbranched alkanes of at least 4 members (excludes halogenated alkanes) is 1. The maximum Gasteiger partial charge on any atom is 0.136 e. The van der Waals surface area contributed by atoms with E-state index < -0.39 is 0 Å². The van der Waals surface area contributed by atoms with E-state index >= 15 is 0 Å². The second kappa shape index (κ2) is 10.3. The second-order valence-corrected chi connectivity index (χ2v) is 8.19. The van der Waals surface area contributed by atoms with Crippen LogP contribution >= 0.6 is 11.3 Å². The van der Waals surface area contributed by atoms with E-state index in [0.717, 1.165) is 18.6 Å². The Bertz CT molecular complexity index is 963. The molecular formula is C23H30N4OS. The minimum Gasteiger partial charge on any atom is -0.489 e. The molecule has 0 aliphatic rings. The largest absolute Gasteiger partial charge is 0.489 e. The Morgan fingerprint density at radius 2 is 1.93 bits per heavy atom. The molecule has 0 radical (unpaired) electrons. The van der Waals surface area contributed by atoms with Crippen molar-refractivity contribution in [3.63, 3.8) is 0 Å². The predicted molar refractivity (Wildman–Crippen MR) is 123 cm³/mol. The Kier molecular flexibility index (Phi) is 7.49. The molecule has 0 saturated heterocycles. The Morgan fingerprint density at radius 1 is 1.14 bits per heavy atom. The molecule has 1 heterocycles. The van der Waals surface area contributed by atoms with E-state index in [4.69, 9.17) is 16.4 Å². The molecule has 0 fully saturated rings. The van der Waals surface area contributed by atoms with Crippen LogP contribution in [0.15, 0.2) is 46.9 Å². The lowest BCUT2D eigenvalue weighted by atomic mass is 10.0. The Labute approximate surface area is 176 Å². The zero-order valence-electron chi connectivity index (χ0n) is 17.2. The molecule has 5 N–H and O–H groups in total. The molecule has 2 aromatic carbocycles. The van der Waals surface area contributed by atoms with Crippen LogP contribution in [0.1, 0.15) is 48.4 Å². The van der Waals surface area contributed by atoms with Gasteiger partial charge < -0.3 is 16.0 Å². The molecule has 154 valence electrons. The quantitative estimate of drug-likeness (QED) is 0.205. The van der Waals surface area contributed by atoms with Crippen LogP contribution < -0.4 is 21.8 Å². The number of hydrogen-bond donors (Lipinski definition) is 3. The predicted octanol–water partition coefficient (Wildman–Crippen LogP) is 4.80. The fraction of sp³-hybridized carbons (Fsp3) is 0.348. The summed E-state index contributed by atoms with van der Waals surface area (Å²) in [7, 11) is 0. The number of nitrogens with two attached hydrogens (primary N) is 2. The Balaban J connectivity index is 1.64. The summed E-state index contributed by atoms with van der Waals surface area (Å²) in [5.74, 6) is 12.1. The van der Waals surface area contributed by atoms with E-state index in [0.29, 0.717) is 18.9 Å². The smallest absolute Gasteiger partial charge is 0.136 e. The van der Waals surface area contributed by atoms with Crippen LogP contribution in [-0.4, -0.2) is 5.84 Å². The lowest BCUT2D eigenvalue weighted by Gasteiger charge is -2.10. The second-order valence-electron chi connectivity index (χ2n) is 7.31. The molecule has 0 spiro atoms. The van der Waals surface area contributed by atoms with Crippen molar-refractivity contribution in [1.82, 2.24) is 5.43 Å². The highest BCUT2D eigenvalue weighted by Gasteiger charge is 2.09. The highest BCUT2D eigenvalue weighted by atomic mass is 32.1. The van der Waals surface area contributed by atoms with Crippen molar-refractivity contribution >= 4 is 27.3 Å². The first-order valence-corrected chi connectivity index (χ1v) is 11.0. The topological polar surface area (TPSA) is 85.7 Å². The summed E-state index contributed by atoms with van der Waals surface area (Å²) in [6.07, 6.45) is 5.09. The van der Waals surface area contributed by atoms with Gasteiger partial charge >= 0.3 is 0 Å². The van der Waals surface area contributed by atoms with Gasteiger partial charge in [-0.15, -0.1) is 11.3 Å². The summed E-state index contributed by atoms with van der Waals surface area (Å²) in [6, 6.07) is 12.7. The van der Waals surface area contributed by atoms with Crippen molar-refractivity contribution in [2.75, 3.05) is 0 Å². The van der Waals surface area contributed by atoms with E-state index in [2.05, 4.69) is 54.0 Å². The highest BCUT2D eigenvalue weighted by Crippen LogP contribution is 2.31. The first-order valence-electron chi connectivity index (χ1n) is 10.1. The fourth-order valence-corrected chi connectivity index (χ4v) is 4.50. The van der Waals surface area contributed by atoms with Gasteiger partial charge in [0.15, 0.2) is 0 Å². The number of thiophene rings is 1. The third-order valence-corrected chi connectivity index (χ3v) is 6.28. The Morgan fingerprint density at radius 3 is 2.62 bits per heavy atom. The standard InChI is InChI=1S/C23H30N4OS/c1-3-4-5-19-15-29-23-16(2)12-18(13-21(19)23)14-28-20-9-6-17(7-10-20)8-11-22(26-24)27-25/h6-7,9-10,12-13,15H,3-5,8,11,14,24-25H2,1-2H3,(H,26,27). The number of nitrogens with one attached hydrogen (secondary N) is 1. The molecule has 29 heavy (non-hydrogen) atoms. The molecule has 3 aromatic rings. The number of hydrazine groups is 1. The summed E-state index contributed by atoms with van der Waals surface area (Å²) >= 11 is 1.86. The summed E-state index contributed by atoms with van der Waals surface area (Å²) in [5, 5.41) is 7.32. The van der Waals surface area contributed by atoms with Crippen molar-refractivity contribution in [2.45, 2.75) is 52.6 Å². The number of nitrogens with zero attached hydrogens (tertiary/aromatic N) is 1. The monoisotopic (exact) mass is 410 g/mol. The first-order chi connectivity index (χ1) is 14.1. The van der Waals surface area contributed by atoms with Crippen LogP contribution in [0.3, 0.4) is 0 Å². The zero-order valence-corrected chi connectivity index (χ0v) is 18.0. The summed E-state index contributed by atoms with van der Waals surface area (Å²) in [4.78, 5) is 0. The average molecular weight is 411 g/mol. The molecule has 0 atom stereocenters. The van der Waals surface area contributed by atoms with Gasteiger partial charge in [-0.25, -0.2) is 5.84 Å². The molecule has 0 bridgehead atoms. The van der Waals surface area contributed by atoms with Gasteiger partial charge in [-0.2, -0.15) is 5.10 Å². The fourth-order valence-electron chi connectivity index (χ4n) is 3.44. The molecule has 6 heteroatoms. The van der Waals surface area contributed by atoms with Crippen molar-refractivity contribution in [3.8, 4) is 5.75 Å². The minimum atomic E-state index is 0.570.